The first kappa shape index (κ1) is 13.3. The Bertz CT molecular complexity index is 445. The van der Waals surface area contributed by atoms with Crippen LogP contribution in [0.4, 0.5) is 10.1 Å². The van der Waals surface area contributed by atoms with Crippen LogP contribution in [0, 0.1) is 11.7 Å². The summed E-state index contributed by atoms with van der Waals surface area (Å²) in [5.74, 6) is 0.316. The van der Waals surface area contributed by atoms with Crippen molar-refractivity contribution in [3.63, 3.8) is 0 Å². The number of nitrogens with one attached hydrogen (secondary N) is 1. The number of hydrogen-bond acceptors (Lipinski definition) is 2. The first-order valence-electron chi connectivity index (χ1n) is 6.14. The van der Waals surface area contributed by atoms with E-state index < -0.39 is 5.82 Å². The lowest BCUT2D eigenvalue weighted by Gasteiger charge is -2.22. The van der Waals surface area contributed by atoms with Crippen molar-refractivity contribution in [2.45, 2.75) is 32.1 Å². The topological polar surface area (TPSA) is 44.6 Å². The van der Waals surface area contributed by atoms with Crippen LogP contribution in [0.3, 0.4) is 0 Å². The van der Waals surface area contributed by atoms with Gasteiger partial charge in [0.05, 0.1) is 10.7 Å². The molecule has 1 aliphatic rings. The molecule has 0 aromatic heterocycles. The van der Waals surface area contributed by atoms with Crippen molar-refractivity contribution < 1.29 is 9.60 Å². The summed E-state index contributed by atoms with van der Waals surface area (Å²) >= 11 is 5.70. The highest BCUT2D eigenvalue weighted by Gasteiger charge is 2.19. The zero-order valence-electron chi connectivity index (χ0n) is 10.00. The Morgan fingerprint density at radius 2 is 2.06 bits per heavy atom. The van der Waals surface area contributed by atoms with Gasteiger partial charge in [0.25, 0.3) is 0 Å². The Morgan fingerprint density at radius 1 is 1.33 bits per heavy atom. The predicted molar refractivity (Wildman–Crippen MR) is 70.0 cm³/mol. The predicted octanol–water partition coefficient (Wildman–Crippen LogP) is 4.07. The number of rotatable bonds is 2. The van der Waals surface area contributed by atoms with Gasteiger partial charge in [-0.1, -0.05) is 30.9 Å². The third-order valence-electron chi connectivity index (χ3n) is 3.26. The van der Waals surface area contributed by atoms with E-state index in [9.17, 15) is 9.60 Å². The molecular weight excluding hydrogens is 255 g/mol. The van der Waals surface area contributed by atoms with E-state index in [0.717, 1.165) is 25.7 Å². The standard InChI is InChI=1S/C13H16ClFN2O/c14-11-8-10(6-7-12(11)15)16-13(17-18)9-4-2-1-3-5-9/h6-9,18H,1-5H2,(H,16,17). The van der Waals surface area contributed by atoms with Crippen molar-refractivity contribution in [1.82, 2.24) is 5.48 Å². The molecule has 0 aliphatic heterocycles. The van der Waals surface area contributed by atoms with Gasteiger partial charge in [0.2, 0.25) is 0 Å². The van der Waals surface area contributed by atoms with Crippen molar-refractivity contribution in [2.24, 2.45) is 10.9 Å². The molecule has 2 rings (SSSR count). The summed E-state index contributed by atoms with van der Waals surface area (Å²) in [6.45, 7) is 0. The second kappa shape index (κ2) is 6.16. The van der Waals surface area contributed by atoms with Crippen molar-refractivity contribution >= 4 is 23.1 Å². The van der Waals surface area contributed by atoms with E-state index in [-0.39, 0.29) is 10.9 Å². The maximum Gasteiger partial charge on any atom is 0.141 e. The third kappa shape index (κ3) is 3.21. The second-order valence-electron chi connectivity index (χ2n) is 4.54. The fourth-order valence-electron chi connectivity index (χ4n) is 2.28. The van der Waals surface area contributed by atoms with Crippen LogP contribution in [0.1, 0.15) is 32.1 Å². The molecule has 0 bridgehead atoms. The molecule has 0 saturated heterocycles. The highest BCUT2D eigenvalue weighted by molar-refractivity contribution is 6.31. The van der Waals surface area contributed by atoms with Crippen molar-refractivity contribution in [1.29, 1.82) is 0 Å². The van der Waals surface area contributed by atoms with Gasteiger partial charge in [0.15, 0.2) is 0 Å². The Labute approximate surface area is 111 Å². The highest BCUT2D eigenvalue weighted by atomic mass is 35.5. The number of benzene rings is 1. The Balaban J connectivity index is 2.19. The molecule has 0 amide bonds. The minimum atomic E-state index is -0.466. The molecule has 1 fully saturated rings. The smallest absolute Gasteiger partial charge is 0.141 e. The average Bonchev–Trinajstić information content (AvgIpc) is 2.41. The van der Waals surface area contributed by atoms with Crippen LogP contribution in [0.5, 0.6) is 0 Å². The molecular formula is C13H16ClFN2O. The van der Waals surface area contributed by atoms with E-state index in [4.69, 9.17) is 11.6 Å². The Hall–Kier alpha value is -1.13. The first-order chi connectivity index (χ1) is 8.70. The summed E-state index contributed by atoms with van der Waals surface area (Å²) in [6, 6.07) is 4.27. The lowest BCUT2D eigenvalue weighted by Crippen LogP contribution is -2.29. The van der Waals surface area contributed by atoms with E-state index in [1.165, 1.54) is 18.6 Å². The summed E-state index contributed by atoms with van der Waals surface area (Å²) in [7, 11) is 0. The lowest BCUT2D eigenvalue weighted by atomic mass is 9.88. The molecule has 1 aliphatic carbocycles. The number of nitrogens with zero attached hydrogens (tertiary/aromatic N) is 1. The summed E-state index contributed by atoms with van der Waals surface area (Å²) in [5, 5.41) is 9.21. The van der Waals surface area contributed by atoms with Crippen LogP contribution in [-0.2, 0) is 0 Å². The summed E-state index contributed by atoms with van der Waals surface area (Å²) in [5.41, 5.74) is 2.71. The van der Waals surface area contributed by atoms with E-state index in [1.807, 2.05) is 0 Å². The Morgan fingerprint density at radius 3 is 2.67 bits per heavy atom. The molecule has 0 unspecified atom stereocenters. The van der Waals surface area contributed by atoms with Crippen LogP contribution in [0.25, 0.3) is 0 Å². The van der Waals surface area contributed by atoms with E-state index in [0.29, 0.717) is 11.5 Å². The molecule has 1 aromatic carbocycles. The number of hydroxylamine groups is 1. The van der Waals surface area contributed by atoms with Gasteiger partial charge in [0.1, 0.15) is 11.7 Å². The van der Waals surface area contributed by atoms with Crippen molar-refractivity contribution in [3.05, 3.63) is 29.0 Å². The van der Waals surface area contributed by atoms with Gasteiger partial charge in [-0.25, -0.2) is 9.38 Å². The fourth-order valence-corrected chi connectivity index (χ4v) is 2.45. The first-order valence-corrected chi connectivity index (χ1v) is 6.52. The molecule has 18 heavy (non-hydrogen) atoms. The molecule has 98 valence electrons. The zero-order valence-corrected chi connectivity index (χ0v) is 10.8. The highest BCUT2D eigenvalue weighted by Crippen LogP contribution is 2.27. The van der Waals surface area contributed by atoms with Gasteiger partial charge in [-0.2, -0.15) is 0 Å². The monoisotopic (exact) mass is 270 g/mol. The van der Waals surface area contributed by atoms with Gasteiger partial charge >= 0.3 is 0 Å². The second-order valence-corrected chi connectivity index (χ2v) is 4.95. The molecule has 0 atom stereocenters. The number of aliphatic imine (C=N–C) groups is 1. The van der Waals surface area contributed by atoms with Gasteiger partial charge < -0.3 is 0 Å². The quantitative estimate of drug-likeness (QED) is 0.483. The van der Waals surface area contributed by atoms with E-state index in [1.54, 1.807) is 6.07 Å². The minimum absolute atomic E-state index is 0.0391. The maximum absolute atomic E-state index is 13.0. The van der Waals surface area contributed by atoms with Crippen molar-refractivity contribution in [3.8, 4) is 0 Å². The third-order valence-corrected chi connectivity index (χ3v) is 3.55. The van der Waals surface area contributed by atoms with Gasteiger partial charge in [-0.05, 0) is 31.0 Å². The molecule has 1 saturated carbocycles. The molecule has 1 aromatic rings. The molecule has 2 N–H and O–H groups in total. The number of amidine groups is 1. The summed E-state index contributed by atoms with van der Waals surface area (Å²) in [4.78, 5) is 4.31. The molecule has 5 heteroatoms. The van der Waals surface area contributed by atoms with Crippen LogP contribution in [0.15, 0.2) is 23.2 Å². The molecule has 3 nitrogen and oxygen atoms in total. The fraction of sp³-hybridized carbons (Fsp3) is 0.462. The number of halogens is 2. The molecule has 0 radical (unpaired) electrons. The van der Waals surface area contributed by atoms with Crippen LogP contribution in [-0.4, -0.2) is 11.0 Å². The van der Waals surface area contributed by atoms with E-state index >= 15 is 0 Å². The van der Waals surface area contributed by atoms with Gasteiger partial charge in [0, 0.05) is 5.92 Å². The Kier molecular flexibility index (Phi) is 4.55. The van der Waals surface area contributed by atoms with Crippen LogP contribution in [0.2, 0.25) is 5.02 Å². The lowest BCUT2D eigenvalue weighted by molar-refractivity contribution is 0.222. The average molecular weight is 271 g/mol. The van der Waals surface area contributed by atoms with Gasteiger partial charge in [-0.3, -0.25) is 10.7 Å². The SMILES string of the molecule is ONC(=Nc1ccc(F)c(Cl)c1)C1CCCCC1. The summed E-state index contributed by atoms with van der Waals surface area (Å²) < 4.78 is 13.0. The van der Waals surface area contributed by atoms with Crippen molar-refractivity contribution in [2.75, 3.05) is 0 Å². The largest absolute Gasteiger partial charge is 0.290 e. The number of hydrogen-bond donors (Lipinski definition) is 2. The molecule has 0 spiro atoms. The summed E-state index contributed by atoms with van der Waals surface area (Å²) in [6.07, 6.45) is 5.56. The van der Waals surface area contributed by atoms with E-state index in [2.05, 4.69) is 10.5 Å². The zero-order chi connectivity index (χ0) is 13.0. The normalized spacial score (nSPS) is 17.8. The maximum atomic E-state index is 13.0. The van der Waals surface area contributed by atoms with Gasteiger partial charge in [-0.15, -0.1) is 0 Å². The minimum Gasteiger partial charge on any atom is -0.290 e. The molecule has 0 heterocycles. The van der Waals surface area contributed by atoms with Crippen LogP contribution >= 0.6 is 11.6 Å². The van der Waals surface area contributed by atoms with Crippen LogP contribution < -0.4 is 5.48 Å².